The summed E-state index contributed by atoms with van der Waals surface area (Å²) in [5, 5.41) is 0. The Morgan fingerprint density at radius 1 is 1.10 bits per heavy atom. The Morgan fingerprint density at radius 2 is 1.80 bits per heavy atom. The molecule has 2 atom stereocenters. The van der Waals surface area contributed by atoms with Crippen molar-refractivity contribution in [2.24, 2.45) is 17.6 Å². The van der Waals surface area contributed by atoms with E-state index in [1.54, 1.807) is 0 Å². The molecule has 1 aromatic rings. The quantitative estimate of drug-likeness (QED) is 0.838. The second kappa shape index (κ2) is 5.96. The number of Topliss-reactive ketones (excluding diaryl/α,β-unsaturated/α-hetero) is 1. The van der Waals surface area contributed by atoms with Crippen molar-refractivity contribution in [3.8, 4) is 5.75 Å². The van der Waals surface area contributed by atoms with Gasteiger partial charge >= 0.3 is 0 Å². The third-order valence-corrected chi connectivity index (χ3v) is 4.51. The average molecular weight is 273 g/mol. The summed E-state index contributed by atoms with van der Waals surface area (Å²) in [5.41, 5.74) is 6.63. The first kappa shape index (κ1) is 13.6. The molecular weight excluding hydrogens is 250 g/mol. The molecule has 0 aromatic heterocycles. The van der Waals surface area contributed by atoms with Gasteiger partial charge in [-0.2, -0.15) is 0 Å². The van der Waals surface area contributed by atoms with Crippen LogP contribution in [0.25, 0.3) is 0 Å². The smallest absolute Gasteiger partial charge is 0.166 e. The topological polar surface area (TPSA) is 52.3 Å². The lowest BCUT2D eigenvalue weighted by molar-refractivity contribution is 0.0829. The summed E-state index contributed by atoms with van der Waals surface area (Å²) >= 11 is 0. The molecule has 2 unspecified atom stereocenters. The molecule has 3 heteroatoms. The maximum absolute atomic E-state index is 12.6. The molecule has 20 heavy (non-hydrogen) atoms. The van der Waals surface area contributed by atoms with E-state index in [0.717, 1.165) is 43.4 Å². The standard InChI is InChI=1S/C17H23NO2/c18-11-13-3-1-2-4-16(13)17(19)12-5-7-14(8-6-12)20-15-9-10-15/h5-8,13,15-16H,1-4,9-11,18H2. The van der Waals surface area contributed by atoms with Gasteiger partial charge in [0.1, 0.15) is 5.75 Å². The number of hydrogen-bond donors (Lipinski definition) is 1. The summed E-state index contributed by atoms with van der Waals surface area (Å²) in [6.07, 6.45) is 7.14. The number of carbonyl (C=O) groups is 1. The third-order valence-electron chi connectivity index (χ3n) is 4.51. The molecule has 2 saturated carbocycles. The molecular formula is C17H23NO2. The first-order valence-corrected chi connectivity index (χ1v) is 7.79. The van der Waals surface area contributed by atoms with Gasteiger partial charge in [0.05, 0.1) is 6.10 Å². The van der Waals surface area contributed by atoms with Crippen molar-refractivity contribution in [2.45, 2.75) is 44.6 Å². The minimum atomic E-state index is 0.115. The molecule has 0 heterocycles. The maximum atomic E-state index is 12.6. The van der Waals surface area contributed by atoms with Crippen LogP contribution < -0.4 is 10.5 Å². The van der Waals surface area contributed by atoms with E-state index in [-0.39, 0.29) is 11.7 Å². The Hall–Kier alpha value is -1.35. The molecule has 0 amide bonds. The predicted octanol–water partition coefficient (Wildman–Crippen LogP) is 3.18. The van der Waals surface area contributed by atoms with Crippen molar-refractivity contribution in [3.05, 3.63) is 29.8 Å². The van der Waals surface area contributed by atoms with E-state index in [2.05, 4.69) is 0 Å². The number of benzene rings is 1. The maximum Gasteiger partial charge on any atom is 0.166 e. The summed E-state index contributed by atoms with van der Waals surface area (Å²) in [6.45, 7) is 0.624. The normalized spacial score (nSPS) is 26.2. The minimum Gasteiger partial charge on any atom is -0.490 e. The Kier molecular flexibility index (Phi) is 4.06. The molecule has 0 radical (unpaired) electrons. The second-order valence-corrected chi connectivity index (χ2v) is 6.09. The van der Waals surface area contributed by atoms with Crippen molar-refractivity contribution in [1.29, 1.82) is 0 Å². The summed E-state index contributed by atoms with van der Waals surface area (Å²) in [5.74, 6) is 1.61. The first-order valence-electron chi connectivity index (χ1n) is 7.79. The lowest BCUT2D eigenvalue weighted by atomic mass is 9.75. The Morgan fingerprint density at radius 3 is 2.45 bits per heavy atom. The van der Waals surface area contributed by atoms with Gasteiger partial charge in [0.25, 0.3) is 0 Å². The van der Waals surface area contributed by atoms with Crippen molar-refractivity contribution in [1.82, 2.24) is 0 Å². The van der Waals surface area contributed by atoms with Crippen molar-refractivity contribution in [2.75, 3.05) is 6.54 Å². The molecule has 3 nitrogen and oxygen atoms in total. The summed E-state index contributed by atoms with van der Waals surface area (Å²) < 4.78 is 5.72. The SMILES string of the molecule is NCC1CCCCC1C(=O)c1ccc(OC2CC2)cc1. The van der Waals surface area contributed by atoms with Gasteiger partial charge in [0.2, 0.25) is 0 Å². The molecule has 0 aliphatic heterocycles. The number of hydrogen-bond acceptors (Lipinski definition) is 3. The van der Waals surface area contributed by atoms with E-state index in [1.165, 1.54) is 6.42 Å². The lowest BCUT2D eigenvalue weighted by Gasteiger charge is -2.29. The van der Waals surface area contributed by atoms with E-state index < -0.39 is 0 Å². The van der Waals surface area contributed by atoms with Crippen LogP contribution in [-0.4, -0.2) is 18.4 Å². The summed E-state index contributed by atoms with van der Waals surface area (Å²) in [7, 11) is 0. The Labute approximate surface area is 120 Å². The largest absolute Gasteiger partial charge is 0.490 e. The zero-order valence-electron chi connectivity index (χ0n) is 11.9. The van der Waals surface area contributed by atoms with Gasteiger partial charge in [0.15, 0.2) is 5.78 Å². The van der Waals surface area contributed by atoms with Crippen molar-refractivity contribution < 1.29 is 9.53 Å². The number of carbonyl (C=O) groups excluding carboxylic acids is 1. The molecule has 3 rings (SSSR count). The van der Waals surface area contributed by atoms with Crippen molar-refractivity contribution in [3.63, 3.8) is 0 Å². The molecule has 2 aliphatic rings. The van der Waals surface area contributed by atoms with Crippen LogP contribution in [0.15, 0.2) is 24.3 Å². The number of ketones is 1. The fourth-order valence-corrected chi connectivity index (χ4v) is 3.13. The van der Waals surface area contributed by atoms with E-state index in [9.17, 15) is 4.79 Å². The average Bonchev–Trinajstić information content (AvgIpc) is 3.31. The van der Waals surface area contributed by atoms with E-state index in [4.69, 9.17) is 10.5 Å². The minimum absolute atomic E-state index is 0.115. The first-order chi connectivity index (χ1) is 9.78. The zero-order chi connectivity index (χ0) is 13.9. The van der Waals surface area contributed by atoms with Crippen molar-refractivity contribution >= 4 is 5.78 Å². The third kappa shape index (κ3) is 3.04. The number of rotatable bonds is 5. The number of ether oxygens (including phenoxy) is 1. The van der Waals surface area contributed by atoms with Gasteiger partial charge in [-0.15, -0.1) is 0 Å². The van der Waals surface area contributed by atoms with Crippen LogP contribution in [0.1, 0.15) is 48.9 Å². The van der Waals surface area contributed by atoms with Gasteiger partial charge in [-0.25, -0.2) is 0 Å². The van der Waals surface area contributed by atoms with Crippen LogP contribution in [0.4, 0.5) is 0 Å². The highest BCUT2D eigenvalue weighted by Gasteiger charge is 2.30. The Bertz CT molecular complexity index is 464. The number of nitrogens with two attached hydrogens (primary N) is 1. The molecule has 0 spiro atoms. The molecule has 0 bridgehead atoms. The van der Waals surface area contributed by atoms with Crippen LogP contribution in [0.2, 0.25) is 0 Å². The monoisotopic (exact) mass is 273 g/mol. The molecule has 2 N–H and O–H groups in total. The predicted molar refractivity (Wildman–Crippen MR) is 78.9 cm³/mol. The van der Waals surface area contributed by atoms with Crippen LogP contribution in [0.3, 0.4) is 0 Å². The van der Waals surface area contributed by atoms with E-state index in [1.807, 2.05) is 24.3 Å². The molecule has 1 aromatic carbocycles. The van der Waals surface area contributed by atoms with Crippen LogP contribution >= 0.6 is 0 Å². The Balaban J connectivity index is 1.68. The van der Waals surface area contributed by atoms with E-state index >= 15 is 0 Å². The molecule has 2 aliphatic carbocycles. The fourth-order valence-electron chi connectivity index (χ4n) is 3.13. The van der Waals surface area contributed by atoms with E-state index in [0.29, 0.717) is 18.6 Å². The molecule has 0 saturated heterocycles. The van der Waals surface area contributed by atoms with Crippen LogP contribution in [0, 0.1) is 11.8 Å². The molecule has 2 fully saturated rings. The fraction of sp³-hybridized carbons (Fsp3) is 0.588. The van der Waals surface area contributed by atoms with Gasteiger partial charge in [-0.3, -0.25) is 4.79 Å². The molecule has 108 valence electrons. The van der Waals surface area contributed by atoms with Gasteiger partial charge < -0.3 is 10.5 Å². The summed E-state index contributed by atoms with van der Waals surface area (Å²) in [4.78, 5) is 12.6. The highest BCUT2D eigenvalue weighted by Crippen LogP contribution is 2.32. The zero-order valence-corrected chi connectivity index (χ0v) is 11.9. The van der Waals surface area contributed by atoms with Crippen LogP contribution in [0.5, 0.6) is 5.75 Å². The highest BCUT2D eigenvalue weighted by molar-refractivity contribution is 5.98. The second-order valence-electron chi connectivity index (χ2n) is 6.09. The van der Waals surface area contributed by atoms with Gasteiger partial charge in [-0.05, 0) is 62.4 Å². The van der Waals surface area contributed by atoms with Gasteiger partial charge in [0, 0.05) is 11.5 Å². The lowest BCUT2D eigenvalue weighted by Crippen LogP contribution is -2.32. The van der Waals surface area contributed by atoms with Crippen LogP contribution in [-0.2, 0) is 0 Å². The van der Waals surface area contributed by atoms with Gasteiger partial charge in [-0.1, -0.05) is 12.8 Å². The summed E-state index contributed by atoms with van der Waals surface area (Å²) in [6, 6.07) is 7.65. The highest BCUT2D eigenvalue weighted by atomic mass is 16.5.